The highest BCUT2D eigenvalue weighted by Crippen LogP contribution is 2.23. The molecule has 0 aromatic carbocycles. The third-order valence-corrected chi connectivity index (χ3v) is 3.10. The van der Waals surface area contributed by atoms with Crippen LogP contribution in [0, 0.1) is 0 Å². The molecular formula is C7H13NOS. The molecule has 3 heteroatoms. The number of amides is 1. The molecule has 1 rings (SSSR count). The lowest BCUT2D eigenvalue weighted by molar-refractivity contribution is -0.109. The van der Waals surface area contributed by atoms with E-state index in [2.05, 4.69) is 5.32 Å². The van der Waals surface area contributed by atoms with Crippen LogP contribution in [0.4, 0.5) is 0 Å². The van der Waals surface area contributed by atoms with Crippen LogP contribution in [0.15, 0.2) is 0 Å². The van der Waals surface area contributed by atoms with Gasteiger partial charge in [0.25, 0.3) is 0 Å². The van der Waals surface area contributed by atoms with Crippen LogP contribution in [-0.2, 0) is 4.79 Å². The van der Waals surface area contributed by atoms with Crippen molar-refractivity contribution in [3.8, 4) is 0 Å². The molecule has 1 N–H and O–H groups in total. The normalized spacial score (nSPS) is 25.8. The lowest BCUT2D eigenvalue weighted by Gasteiger charge is -2.20. The highest BCUT2D eigenvalue weighted by molar-refractivity contribution is 7.99. The molecule has 1 aliphatic heterocycles. The molecule has 0 aromatic heterocycles. The molecule has 1 atom stereocenters. The fourth-order valence-electron chi connectivity index (χ4n) is 1.15. The van der Waals surface area contributed by atoms with E-state index < -0.39 is 0 Å². The first-order chi connectivity index (χ1) is 4.93. The van der Waals surface area contributed by atoms with Crippen LogP contribution in [0.3, 0.4) is 0 Å². The molecule has 1 saturated heterocycles. The molecule has 10 heavy (non-hydrogen) atoms. The molecule has 1 amide bonds. The lowest BCUT2D eigenvalue weighted by Crippen LogP contribution is -2.25. The SMILES string of the molecule is O=CNCC1CCCCS1. The maximum absolute atomic E-state index is 9.93. The highest BCUT2D eigenvalue weighted by Gasteiger charge is 2.12. The Morgan fingerprint density at radius 2 is 2.50 bits per heavy atom. The van der Waals surface area contributed by atoms with Gasteiger partial charge in [-0.2, -0.15) is 11.8 Å². The number of hydrogen-bond donors (Lipinski definition) is 1. The fraction of sp³-hybridized carbons (Fsp3) is 0.857. The number of nitrogens with one attached hydrogen (secondary N) is 1. The number of carbonyl (C=O) groups is 1. The second kappa shape index (κ2) is 4.61. The van der Waals surface area contributed by atoms with Crippen molar-refractivity contribution in [3.63, 3.8) is 0 Å². The zero-order valence-electron chi connectivity index (χ0n) is 6.01. The monoisotopic (exact) mass is 159 g/mol. The van der Waals surface area contributed by atoms with Crippen LogP contribution in [0.2, 0.25) is 0 Å². The first kappa shape index (κ1) is 7.92. The summed E-state index contributed by atoms with van der Waals surface area (Å²) in [5.41, 5.74) is 0. The van der Waals surface area contributed by atoms with Crippen LogP contribution in [0.1, 0.15) is 19.3 Å². The van der Waals surface area contributed by atoms with Gasteiger partial charge in [-0.15, -0.1) is 0 Å². The van der Waals surface area contributed by atoms with Gasteiger partial charge < -0.3 is 5.32 Å². The van der Waals surface area contributed by atoms with Crippen molar-refractivity contribution in [2.24, 2.45) is 0 Å². The molecule has 58 valence electrons. The predicted molar refractivity (Wildman–Crippen MR) is 44.2 cm³/mol. The highest BCUT2D eigenvalue weighted by atomic mass is 32.2. The second-order valence-electron chi connectivity index (χ2n) is 2.51. The van der Waals surface area contributed by atoms with Gasteiger partial charge in [0.15, 0.2) is 0 Å². The minimum absolute atomic E-state index is 0.680. The second-order valence-corrected chi connectivity index (χ2v) is 3.92. The molecule has 0 bridgehead atoms. The maximum Gasteiger partial charge on any atom is 0.207 e. The van der Waals surface area contributed by atoms with E-state index in [1.54, 1.807) is 0 Å². The third kappa shape index (κ3) is 2.60. The lowest BCUT2D eigenvalue weighted by atomic mass is 10.2. The minimum atomic E-state index is 0.680. The summed E-state index contributed by atoms with van der Waals surface area (Å²) in [6, 6.07) is 0. The summed E-state index contributed by atoms with van der Waals surface area (Å²) in [4.78, 5) is 9.93. The summed E-state index contributed by atoms with van der Waals surface area (Å²) < 4.78 is 0. The van der Waals surface area contributed by atoms with Gasteiger partial charge in [0, 0.05) is 11.8 Å². The van der Waals surface area contributed by atoms with Gasteiger partial charge in [-0.25, -0.2) is 0 Å². The summed E-state index contributed by atoms with van der Waals surface area (Å²) in [5.74, 6) is 1.27. The Labute approximate surface area is 65.8 Å². The van der Waals surface area contributed by atoms with E-state index in [4.69, 9.17) is 0 Å². The summed E-state index contributed by atoms with van der Waals surface area (Å²) in [5, 5.41) is 3.40. The van der Waals surface area contributed by atoms with Crippen molar-refractivity contribution in [2.75, 3.05) is 12.3 Å². The molecule has 1 unspecified atom stereocenters. The van der Waals surface area contributed by atoms with Gasteiger partial charge in [-0.3, -0.25) is 4.79 Å². The van der Waals surface area contributed by atoms with Gasteiger partial charge >= 0.3 is 0 Å². The molecule has 1 heterocycles. The smallest absolute Gasteiger partial charge is 0.207 e. The van der Waals surface area contributed by atoms with E-state index in [0.29, 0.717) is 5.25 Å². The number of hydrogen-bond acceptors (Lipinski definition) is 2. The minimum Gasteiger partial charge on any atom is -0.358 e. The Balaban J connectivity index is 2.07. The molecule has 1 fully saturated rings. The van der Waals surface area contributed by atoms with E-state index in [-0.39, 0.29) is 0 Å². The number of rotatable bonds is 3. The molecule has 0 spiro atoms. The van der Waals surface area contributed by atoms with Crippen molar-refractivity contribution < 1.29 is 4.79 Å². The Morgan fingerprint density at radius 3 is 3.10 bits per heavy atom. The van der Waals surface area contributed by atoms with E-state index in [1.807, 2.05) is 11.8 Å². The van der Waals surface area contributed by atoms with Crippen LogP contribution >= 0.6 is 11.8 Å². The molecule has 0 aliphatic carbocycles. The van der Waals surface area contributed by atoms with Gasteiger partial charge in [0.2, 0.25) is 6.41 Å². The molecule has 0 radical (unpaired) electrons. The summed E-state index contributed by atoms with van der Waals surface area (Å²) >= 11 is 1.98. The van der Waals surface area contributed by atoms with Gasteiger partial charge in [0.1, 0.15) is 0 Å². The fourth-order valence-corrected chi connectivity index (χ4v) is 2.40. The van der Waals surface area contributed by atoms with Crippen molar-refractivity contribution in [1.82, 2.24) is 5.32 Å². The molecule has 2 nitrogen and oxygen atoms in total. The number of carbonyl (C=O) groups excluding carboxylic acids is 1. The number of thioether (sulfide) groups is 1. The van der Waals surface area contributed by atoms with Crippen molar-refractivity contribution >= 4 is 18.2 Å². The predicted octanol–water partition coefficient (Wildman–Crippen LogP) is 1.02. The zero-order valence-corrected chi connectivity index (χ0v) is 6.82. The largest absolute Gasteiger partial charge is 0.358 e. The Bertz CT molecular complexity index is 102. The van der Waals surface area contributed by atoms with Crippen LogP contribution in [0.25, 0.3) is 0 Å². The van der Waals surface area contributed by atoms with E-state index in [0.717, 1.165) is 13.0 Å². The summed E-state index contributed by atoms with van der Waals surface area (Å²) in [6.45, 7) is 0.855. The zero-order chi connectivity index (χ0) is 7.23. The topological polar surface area (TPSA) is 29.1 Å². The van der Waals surface area contributed by atoms with Crippen LogP contribution < -0.4 is 5.32 Å². The summed E-state index contributed by atoms with van der Waals surface area (Å²) in [7, 11) is 0. The van der Waals surface area contributed by atoms with Crippen molar-refractivity contribution in [3.05, 3.63) is 0 Å². The van der Waals surface area contributed by atoms with E-state index in [1.165, 1.54) is 25.0 Å². The van der Waals surface area contributed by atoms with Gasteiger partial charge in [-0.05, 0) is 18.6 Å². The average Bonchev–Trinajstić information content (AvgIpc) is 2.03. The molecule has 0 saturated carbocycles. The Morgan fingerprint density at radius 1 is 1.60 bits per heavy atom. The van der Waals surface area contributed by atoms with Crippen molar-refractivity contribution in [1.29, 1.82) is 0 Å². The molecular weight excluding hydrogens is 146 g/mol. The maximum atomic E-state index is 9.93. The summed E-state index contributed by atoms with van der Waals surface area (Å²) in [6.07, 6.45) is 4.74. The van der Waals surface area contributed by atoms with Gasteiger partial charge in [0.05, 0.1) is 0 Å². The first-order valence-corrected chi connectivity index (χ1v) is 4.77. The Kier molecular flexibility index (Phi) is 3.65. The quantitative estimate of drug-likeness (QED) is 0.623. The first-order valence-electron chi connectivity index (χ1n) is 3.72. The standard InChI is InChI=1S/C7H13NOS/c9-6-8-5-7-3-1-2-4-10-7/h6-7H,1-5H2,(H,8,9). The van der Waals surface area contributed by atoms with E-state index >= 15 is 0 Å². The Hall–Kier alpha value is -0.180. The average molecular weight is 159 g/mol. The van der Waals surface area contributed by atoms with Gasteiger partial charge in [-0.1, -0.05) is 6.42 Å². The van der Waals surface area contributed by atoms with Crippen LogP contribution in [0.5, 0.6) is 0 Å². The van der Waals surface area contributed by atoms with E-state index in [9.17, 15) is 4.79 Å². The van der Waals surface area contributed by atoms with Crippen molar-refractivity contribution in [2.45, 2.75) is 24.5 Å². The molecule has 1 aliphatic rings. The third-order valence-electron chi connectivity index (χ3n) is 1.70. The molecule has 0 aromatic rings. The van der Waals surface area contributed by atoms with Crippen LogP contribution in [-0.4, -0.2) is 24.0 Å².